The Bertz CT molecular complexity index is 796. The number of rotatable bonds is 9. The molecule has 27 heavy (non-hydrogen) atoms. The molecule has 5 nitrogen and oxygen atoms in total. The molecule has 0 spiro atoms. The summed E-state index contributed by atoms with van der Waals surface area (Å²) in [5.41, 5.74) is 1.64. The van der Waals surface area contributed by atoms with Gasteiger partial charge in [-0.2, -0.15) is 0 Å². The number of methoxy groups -OCH3 is 1. The fourth-order valence-electron chi connectivity index (χ4n) is 2.62. The van der Waals surface area contributed by atoms with Crippen LogP contribution in [0.5, 0.6) is 11.5 Å². The van der Waals surface area contributed by atoms with Crippen molar-refractivity contribution in [2.24, 2.45) is 5.92 Å². The van der Waals surface area contributed by atoms with Crippen LogP contribution in [0.1, 0.15) is 25.0 Å². The lowest BCUT2D eigenvalue weighted by Gasteiger charge is -2.19. The third-order valence-corrected chi connectivity index (χ3v) is 4.73. The zero-order valence-electron chi connectivity index (χ0n) is 15.5. The summed E-state index contributed by atoms with van der Waals surface area (Å²) < 4.78 is 11.2. The monoisotopic (exact) mass is 411 g/mol. The highest BCUT2D eigenvalue weighted by molar-refractivity contribution is 6.32. The summed E-state index contributed by atoms with van der Waals surface area (Å²) in [6, 6.07) is 10.3. The average Bonchev–Trinajstić information content (AvgIpc) is 2.61. The van der Waals surface area contributed by atoms with Crippen LogP contribution >= 0.6 is 23.2 Å². The normalized spacial score (nSPS) is 12.1. The Labute approximate surface area is 169 Å². The lowest BCUT2D eigenvalue weighted by molar-refractivity contribution is -0.140. The van der Waals surface area contributed by atoms with Crippen LogP contribution in [0.4, 0.5) is 0 Å². The molecule has 1 atom stereocenters. The number of aliphatic carboxylic acids is 1. The van der Waals surface area contributed by atoms with Crippen molar-refractivity contribution in [1.82, 2.24) is 5.32 Å². The van der Waals surface area contributed by atoms with Gasteiger partial charge < -0.3 is 19.9 Å². The number of hydrogen-bond acceptors (Lipinski definition) is 4. The van der Waals surface area contributed by atoms with E-state index >= 15 is 0 Å². The van der Waals surface area contributed by atoms with E-state index in [1.807, 2.05) is 32.0 Å². The van der Waals surface area contributed by atoms with Crippen LogP contribution in [0.25, 0.3) is 0 Å². The smallest absolute Gasteiger partial charge is 0.320 e. The number of benzene rings is 2. The largest absolute Gasteiger partial charge is 0.493 e. The van der Waals surface area contributed by atoms with E-state index in [4.69, 9.17) is 32.7 Å². The van der Waals surface area contributed by atoms with Crippen LogP contribution in [0.15, 0.2) is 36.4 Å². The number of ether oxygens (including phenoxy) is 2. The van der Waals surface area contributed by atoms with E-state index in [9.17, 15) is 9.90 Å². The summed E-state index contributed by atoms with van der Waals surface area (Å²) in [7, 11) is 1.53. The summed E-state index contributed by atoms with van der Waals surface area (Å²) >= 11 is 12.5. The van der Waals surface area contributed by atoms with E-state index in [1.165, 1.54) is 7.11 Å². The summed E-state index contributed by atoms with van der Waals surface area (Å²) in [5.74, 6) is -0.0369. The van der Waals surface area contributed by atoms with Crippen LogP contribution in [0, 0.1) is 5.92 Å². The first-order valence-corrected chi connectivity index (χ1v) is 9.27. The Morgan fingerprint density at radius 1 is 1.19 bits per heavy atom. The Kier molecular flexibility index (Phi) is 7.78. The van der Waals surface area contributed by atoms with Crippen LogP contribution in [-0.4, -0.2) is 24.2 Å². The molecule has 2 aromatic carbocycles. The van der Waals surface area contributed by atoms with Crippen molar-refractivity contribution >= 4 is 29.2 Å². The minimum atomic E-state index is -0.886. The highest BCUT2D eigenvalue weighted by atomic mass is 35.5. The highest BCUT2D eigenvalue weighted by Crippen LogP contribution is 2.37. The first-order chi connectivity index (χ1) is 12.8. The van der Waals surface area contributed by atoms with Crippen molar-refractivity contribution in [3.8, 4) is 11.5 Å². The van der Waals surface area contributed by atoms with Crippen LogP contribution < -0.4 is 14.8 Å². The molecule has 0 fully saturated rings. The molecule has 0 radical (unpaired) electrons. The molecule has 0 saturated carbocycles. The summed E-state index contributed by atoms with van der Waals surface area (Å²) in [6.07, 6.45) is 0. The molecule has 146 valence electrons. The summed E-state index contributed by atoms with van der Waals surface area (Å²) in [6.45, 7) is 4.30. The van der Waals surface area contributed by atoms with Gasteiger partial charge in [-0.1, -0.05) is 55.2 Å². The lowest BCUT2D eigenvalue weighted by Crippen LogP contribution is -2.40. The molecule has 2 N–H and O–H groups in total. The third-order valence-electron chi connectivity index (χ3n) is 4.08. The minimum absolute atomic E-state index is 0.0434. The third kappa shape index (κ3) is 5.76. The maximum atomic E-state index is 11.3. The van der Waals surface area contributed by atoms with Crippen molar-refractivity contribution in [1.29, 1.82) is 0 Å². The predicted molar refractivity (Wildman–Crippen MR) is 107 cm³/mol. The van der Waals surface area contributed by atoms with Crippen molar-refractivity contribution < 1.29 is 19.4 Å². The molecule has 2 rings (SSSR count). The van der Waals surface area contributed by atoms with E-state index in [0.29, 0.717) is 28.1 Å². The Morgan fingerprint density at radius 2 is 1.89 bits per heavy atom. The standard InChI is InChI=1S/C20H23Cl2NO4/c1-12(2)18(20(24)25)23-10-13-8-16(22)19(17(9-13)26-3)27-11-14-6-4-5-7-15(14)21/h4-9,12,18,23H,10-11H2,1-3H3,(H,24,25). The van der Waals surface area contributed by atoms with Crippen LogP contribution in [0.3, 0.4) is 0 Å². The maximum Gasteiger partial charge on any atom is 0.320 e. The zero-order valence-corrected chi connectivity index (χ0v) is 17.0. The van der Waals surface area contributed by atoms with Gasteiger partial charge in [-0.15, -0.1) is 0 Å². The summed E-state index contributed by atoms with van der Waals surface area (Å²) in [5, 5.41) is 13.3. The number of halogens is 2. The first kappa shape index (κ1) is 21.4. The minimum Gasteiger partial charge on any atom is -0.493 e. The second kappa shape index (κ2) is 9.83. The van der Waals surface area contributed by atoms with E-state index < -0.39 is 12.0 Å². The lowest BCUT2D eigenvalue weighted by atomic mass is 10.0. The molecule has 7 heteroatoms. The molecule has 0 amide bonds. The van der Waals surface area contributed by atoms with Crippen LogP contribution in [-0.2, 0) is 17.9 Å². The Balaban J connectivity index is 2.14. The van der Waals surface area contributed by atoms with E-state index in [0.717, 1.165) is 11.1 Å². The fourth-order valence-corrected chi connectivity index (χ4v) is 3.09. The number of carboxylic acids is 1. The number of carbonyl (C=O) groups is 1. The van der Waals surface area contributed by atoms with Crippen molar-refractivity contribution in [2.75, 3.05) is 7.11 Å². The molecular weight excluding hydrogens is 389 g/mol. The molecule has 0 aliphatic rings. The molecular formula is C20H23Cl2NO4. The first-order valence-electron chi connectivity index (χ1n) is 8.52. The van der Waals surface area contributed by atoms with E-state index in [1.54, 1.807) is 18.2 Å². The van der Waals surface area contributed by atoms with Gasteiger partial charge in [0.2, 0.25) is 0 Å². The molecule has 0 aromatic heterocycles. The highest BCUT2D eigenvalue weighted by Gasteiger charge is 2.21. The Morgan fingerprint density at radius 3 is 2.48 bits per heavy atom. The number of carboxylic acid groups (broad SMARTS) is 1. The van der Waals surface area contributed by atoms with Gasteiger partial charge in [0.1, 0.15) is 12.6 Å². The average molecular weight is 412 g/mol. The van der Waals surface area contributed by atoms with Gasteiger partial charge in [0.15, 0.2) is 11.5 Å². The van der Waals surface area contributed by atoms with Gasteiger partial charge >= 0.3 is 5.97 Å². The molecule has 1 unspecified atom stereocenters. The second-order valence-electron chi connectivity index (χ2n) is 6.43. The quantitative estimate of drug-likeness (QED) is 0.621. The molecule has 0 heterocycles. The number of hydrogen-bond donors (Lipinski definition) is 2. The topological polar surface area (TPSA) is 67.8 Å². The van der Waals surface area contributed by atoms with Gasteiger partial charge in [0.25, 0.3) is 0 Å². The SMILES string of the molecule is COc1cc(CNC(C(=O)O)C(C)C)cc(Cl)c1OCc1ccccc1Cl. The molecule has 0 saturated heterocycles. The van der Waals surface area contributed by atoms with Crippen LogP contribution in [0.2, 0.25) is 10.0 Å². The van der Waals surface area contributed by atoms with Gasteiger partial charge in [0.05, 0.1) is 12.1 Å². The fraction of sp³-hybridized carbons (Fsp3) is 0.350. The van der Waals surface area contributed by atoms with Gasteiger partial charge in [-0.05, 0) is 29.7 Å². The van der Waals surface area contributed by atoms with Gasteiger partial charge in [-0.3, -0.25) is 4.79 Å². The molecule has 2 aromatic rings. The second-order valence-corrected chi connectivity index (χ2v) is 7.24. The number of nitrogens with one attached hydrogen (secondary N) is 1. The van der Waals surface area contributed by atoms with E-state index in [2.05, 4.69) is 5.32 Å². The van der Waals surface area contributed by atoms with Crippen molar-refractivity contribution in [3.05, 3.63) is 57.6 Å². The molecule has 0 aliphatic heterocycles. The summed E-state index contributed by atoms with van der Waals surface area (Å²) in [4.78, 5) is 11.3. The zero-order chi connectivity index (χ0) is 20.0. The van der Waals surface area contributed by atoms with Gasteiger partial charge in [0, 0.05) is 17.1 Å². The molecule has 0 aliphatic carbocycles. The van der Waals surface area contributed by atoms with E-state index in [-0.39, 0.29) is 12.5 Å². The van der Waals surface area contributed by atoms with Gasteiger partial charge in [-0.25, -0.2) is 0 Å². The molecule has 0 bridgehead atoms. The van der Waals surface area contributed by atoms with Crippen molar-refractivity contribution in [2.45, 2.75) is 33.0 Å². The maximum absolute atomic E-state index is 11.3. The Hall–Kier alpha value is -1.95. The predicted octanol–water partition coefficient (Wildman–Crippen LogP) is 4.78. The van der Waals surface area contributed by atoms with Crippen molar-refractivity contribution in [3.63, 3.8) is 0 Å².